The standard InChI is InChI=1S/C14H17N3OS/c1-9(2)18-13-12(15)14(17-8-16-13)19-11-6-4-5-10(3)7-11/h4-9H,15H2,1-3H3. The summed E-state index contributed by atoms with van der Waals surface area (Å²) in [5, 5.41) is 0.719. The van der Waals surface area contributed by atoms with Crippen molar-refractivity contribution in [2.75, 3.05) is 5.73 Å². The minimum atomic E-state index is 0.0361. The number of rotatable bonds is 4. The number of hydrogen-bond donors (Lipinski definition) is 1. The first-order valence-electron chi connectivity index (χ1n) is 6.08. The monoisotopic (exact) mass is 275 g/mol. The highest BCUT2D eigenvalue weighted by molar-refractivity contribution is 7.99. The Hall–Kier alpha value is -1.75. The third-order valence-corrected chi connectivity index (χ3v) is 3.37. The van der Waals surface area contributed by atoms with Crippen molar-refractivity contribution < 1.29 is 4.74 Å². The molecule has 1 aromatic heterocycles. The summed E-state index contributed by atoms with van der Waals surface area (Å²) in [5.41, 5.74) is 7.74. The molecule has 2 aromatic rings. The summed E-state index contributed by atoms with van der Waals surface area (Å²) in [6, 6.07) is 8.19. The Kier molecular flexibility index (Phi) is 4.27. The van der Waals surface area contributed by atoms with Crippen LogP contribution in [0.4, 0.5) is 5.69 Å². The Morgan fingerprint density at radius 2 is 2.05 bits per heavy atom. The van der Waals surface area contributed by atoms with Gasteiger partial charge in [-0.3, -0.25) is 0 Å². The van der Waals surface area contributed by atoms with E-state index in [1.54, 1.807) is 0 Å². The predicted molar refractivity (Wildman–Crippen MR) is 77.5 cm³/mol. The van der Waals surface area contributed by atoms with E-state index < -0.39 is 0 Å². The topological polar surface area (TPSA) is 61.0 Å². The van der Waals surface area contributed by atoms with Crippen molar-refractivity contribution in [2.45, 2.75) is 36.8 Å². The first-order valence-corrected chi connectivity index (χ1v) is 6.89. The van der Waals surface area contributed by atoms with Gasteiger partial charge >= 0.3 is 0 Å². The molecule has 0 unspecified atom stereocenters. The van der Waals surface area contributed by atoms with Crippen molar-refractivity contribution in [1.82, 2.24) is 9.97 Å². The zero-order valence-electron chi connectivity index (χ0n) is 11.3. The van der Waals surface area contributed by atoms with Crippen LogP contribution in [0.15, 0.2) is 40.5 Å². The van der Waals surface area contributed by atoms with Gasteiger partial charge in [0.15, 0.2) is 0 Å². The summed E-state index contributed by atoms with van der Waals surface area (Å²) >= 11 is 1.51. The molecule has 1 heterocycles. The van der Waals surface area contributed by atoms with E-state index in [1.165, 1.54) is 23.7 Å². The van der Waals surface area contributed by atoms with Gasteiger partial charge in [0.05, 0.1) is 6.10 Å². The number of nitrogen functional groups attached to an aromatic ring is 1. The highest BCUT2D eigenvalue weighted by Crippen LogP contribution is 2.34. The number of ether oxygens (including phenoxy) is 1. The molecular weight excluding hydrogens is 258 g/mol. The quantitative estimate of drug-likeness (QED) is 0.867. The van der Waals surface area contributed by atoms with Crippen LogP contribution >= 0.6 is 11.8 Å². The second-order valence-electron chi connectivity index (χ2n) is 4.48. The van der Waals surface area contributed by atoms with E-state index in [1.807, 2.05) is 26.0 Å². The van der Waals surface area contributed by atoms with Crippen molar-refractivity contribution in [3.63, 3.8) is 0 Å². The molecule has 0 spiro atoms. The molecule has 0 fully saturated rings. The van der Waals surface area contributed by atoms with Gasteiger partial charge in [0.2, 0.25) is 5.88 Å². The molecule has 1 aromatic carbocycles. The lowest BCUT2D eigenvalue weighted by Crippen LogP contribution is -2.09. The molecule has 2 rings (SSSR count). The van der Waals surface area contributed by atoms with Crippen molar-refractivity contribution >= 4 is 17.4 Å². The van der Waals surface area contributed by atoms with Gasteiger partial charge in [0, 0.05) is 4.90 Å². The minimum Gasteiger partial charge on any atom is -0.473 e. The van der Waals surface area contributed by atoms with Gasteiger partial charge in [-0.15, -0.1) is 0 Å². The average Bonchev–Trinajstić information content (AvgIpc) is 2.34. The zero-order valence-corrected chi connectivity index (χ0v) is 12.1. The van der Waals surface area contributed by atoms with Crippen LogP contribution in [0.25, 0.3) is 0 Å². The molecule has 0 amide bonds. The molecule has 0 atom stereocenters. The number of aromatic nitrogens is 2. The summed E-state index contributed by atoms with van der Waals surface area (Å²) in [7, 11) is 0. The van der Waals surface area contributed by atoms with Crippen LogP contribution in [-0.4, -0.2) is 16.1 Å². The third-order valence-electron chi connectivity index (χ3n) is 2.36. The van der Waals surface area contributed by atoms with Crippen molar-refractivity contribution in [3.8, 4) is 5.88 Å². The SMILES string of the molecule is Cc1cccc(Sc2ncnc(OC(C)C)c2N)c1. The second kappa shape index (κ2) is 5.93. The number of aryl methyl sites for hydroxylation is 1. The lowest BCUT2D eigenvalue weighted by Gasteiger charge is -2.12. The Morgan fingerprint density at radius 1 is 1.26 bits per heavy atom. The molecule has 0 aliphatic carbocycles. The maximum Gasteiger partial charge on any atom is 0.241 e. The lowest BCUT2D eigenvalue weighted by atomic mass is 10.2. The predicted octanol–water partition coefficient (Wildman–Crippen LogP) is 3.31. The Morgan fingerprint density at radius 3 is 2.74 bits per heavy atom. The van der Waals surface area contributed by atoms with Crippen molar-refractivity contribution in [2.24, 2.45) is 0 Å². The fraction of sp³-hybridized carbons (Fsp3) is 0.286. The van der Waals surface area contributed by atoms with Gasteiger partial charge in [-0.05, 0) is 32.9 Å². The van der Waals surface area contributed by atoms with Gasteiger partial charge in [-0.2, -0.15) is 4.98 Å². The first-order chi connectivity index (χ1) is 9.06. The van der Waals surface area contributed by atoms with Gasteiger partial charge in [-0.25, -0.2) is 4.98 Å². The Balaban J connectivity index is 2.25. The molecule has 5 heteroatoms. The number of hydrogen-bond acceptors (Lipinski definition) is 5. The molecule has 2 N–H and O–H groups in total. The lowest BCUT2D eigenvalue weighted by molar-refractivity contribution is 0.233. The molecule has 0 saturated carbocycles. The molecule has 0 bridgehead atoms. The summed E-state index contributed by atoms with van der Waals surface area (Å²) in [6.45, 7) is 5.94. The van der Waals surface area contributed by atoms with Crippen molar-refractivity contribution in [3.05, 3.63) is 36.2 Å². The van der Waals surface area contributed by atoms with Gasteiger partial charge in [-0.1, -0.05) is 29.5 Å². The van der Waals surface area contributed by atoms with Gasteiger partial charge < -0.3 is 10.5 Å². The normalized spacial score (nSPS) is 10.7. The number of nitrogens with zero attached hydrogens (tertiary/aromatic N) is 2. The fourth-order valence-electron chi connectivity index (χ4n) is 1.55. The maximum absolute atomic E-state index is 6.05. The second-order valence-corrected chi connectivity index (χ2v) is 5.55. The van der Waals surface area contributed by atoms with Crippen LogP contribution < -0.4 is 10.5 Å². The summed E-state index contributed by atoms with van der Waals surface area (Å²) in [6.07, 6.45) is 1.51. The summed E-state index contributed by atoms with van der Waals surface area (Å²) < 4.78 is 5.56. The van der Waals surface area contributed by atoms with Crippen LogP contribution in [0.1, 0.15) is 19.4 Å². The fourth-order valence-corrected chi connectivity index (χ4v) is 2.47. The molecule has 19 heavy (non-hydrogen) atoms. The van der Waals surface area contributed by atoms with Crippen LogP contribution in [0.5, 0.6) is 5.88 Å². The molecule has 4 nitrogen and oxygen atoms in total. The van der Waals surface area contributed by atoms with Crippen LogP contribution in [0.3, 0.4) is 0 Å². The first kappa shape index (κ1) is 13.7. The smallest absolute Gasteiger partial charge is 0.241 e. The third kappa shape index (κ3) is 3.61. The van der Waals surface area contributed by atoms with E-state index in [9.17, 15) is 0 Å². The molecule has 0 aliphatic heterocycles. The molecule has 100 valence electrons. The van der Waals surface area contributed by atoms with E-state index in [2.05, 4.69) is 29.0 Å². The highest BCUT2D eigenvalue weighted by Gasteiger charge is 2.11. The van der Waals surface area contributed by atoms with E-state index in [0.29, 0.717) is 11.6 Å². The molecule has 0 radical (unpaired) electrons. The molecular formula is C14H17N3OS. The maximum atomic E-state index is 6.05. The average molecular weight is 275 g/mol. The summed E-state index contributed by atoms with van der Waals surface area (Å²) in [4.78, 5) is 9.38. The zero-order chi connectivity index (χ0) is 13.8. The van der Waals surface area contributed by atoms with Gasteiger partial charge in [0.1, 0.15) is 17.0 Å². The van der Waals surface area contributed by atoms with Gasteiger partial charge in [0.25, 0.3) is 0 Å². The van der Waals surface area contributed by atoms with E-state index in [0.717, 1.165) is 9.92 Å². The molecule has 0 saturated heterocycles. The highest BCUT2D eigenvalue weighted by atomic mass is 32.2. The number of benzene rings is 1. The van der Waals surface area contributed by atoms with Crippen LogP contribution in [-0.2, 0) is 0 Å². The van der Waals surface area contributed by atoms with E-state index in [-0.39, 0.29) is 6.10 Å². The number of anilines is 1. The number of nitrogens with two attached hydrogens (primary N) is 1. The van der Waals surface area contributed by atoms with Crippen molar-refractivity contribution in [1.29, 1.82) is 0 Å². The largest absolute Gasteiger partial charge is 0.473 e. The molecule has 0 aliphatic rings. The minimum absolute atomic E-state index is 0.0361. The Labute approximate surface area is 117 Å². The van der Waals surface area contributed by atoms with E-state index >= 15 is 0 Å². The van der Waals surface area contributed by atoms with E-state index in [4.69, 9.17) is 10.5 Å². The Bertz CT molecular complexity index is 572. The van der Waals surface area contributed by atoms with Crippen LogP contribution in [0.2, 0.25) is 0 Å². The van der Waals surface area contributed by atoms with Crippen LogP contribution in [0, 0.1) is 6.92 Å². The summed E-state index contributed by atoms with van der Waals surface area (Å²) in [5.74, 6) is 0.445.